The molecule has 2 aliphatic rings. The van der Waals surface area contributed by atoms with Crippen molar-refractivity contribution in [1.29, 1.82) is 0 Å². The topological polar surface area (TPSA) is 94.6 Å². The lowest BCUT2D eigenvalue weighted by atomic mass is 10.0. The van der Waals surface area contributed by atoms with Gasteiger partial charge in [0.15, 0.2) is 0 Å². The number of nitrogens with zero attached hydrogens (tertiary/aromatic N) is 2. The number of amides is 1. The maximum Gasteiger partial charge on any atom is 0.417 e. The summed E-state index contributed by atoms with van der Waals surface area (Å²) in [7, 11) is 0. The number of nitrogens with one attached hydrogen (secondary N) is 2. The Labute approximate surface area is 213 Å². The molecule has 7 nitrogen and oxygen atoms in total. The minimum atomic E-state index is -4.72. The molecule has 12 heteroatoms. The fourth-order valence-corrected chi connectivity index (χ4v) is 4.43. The SMILES string of the molecule is O=C(O)c1ccc(C2(NC(=O)c3cc(C(F)(F)F)cnc3N3CC(Nc4ccc(F)cc4F)C3)CC2)cc1. The van der Waals surface area contributed by atoms with Crippen molar-refractivity contribution in [2.45, 2.75) is 30.6 Å². The molecule has 198 valence electrons. The summed E-state index contributed by atoms with van der Waals surface area (Å²) < 4.78 is 67.5. The number of benzene rings is 2. The second-order valence-corrected chi connectivity index (χ2v) is 9.38. The predicted octanol–water partition coefficient (Wildman–Crippen LogP) is 4.80. The molecule has 1 aromatic heterocycles. The van der Waals surface area contributed by atoms with Gasteiger partial charge in [0.1, 0.15) is 17.5 Å². The van der Waals surface area contributed by atoms with E-state index in [0.717, 1.165) is 18.2 Å². The molecule has 0 bridgehead atoms. The van der Waals surface area contributed by atoms with Crippen LogP contribution in [-0.2, 0) is 11.7 Å². The van der Waals surface area contributed by atoms with Crippen LogP contribution in [-0.4, -0.2) is 41.1 Å². The lowest BCUT2D eigenvalue weighted by Gasteiger charge is -2.41. The fraction of sp³-hybridized carbons (Fsp3) is 0.269. The second kappa shape index (κ2) is 9.26. The number of carbonyl (C=O) groups excluding carboxylic acids is 1. The number of anilines is 2. The molecule has 1 amide bonds. The monoisotopic (exact) mass is 532 g/mol. The lowest BCUT2D eigenvalue weighted by Crippen LogP contribution is -2.56. The van der Waals surface area contributed by atoms with Crippen molar-refractivity contribution >= 4 is 23.4 Å². The normalized spacial score (nSPS) is 16.5. The summed E-state index contributed by atoms with van der Waals surface area (Å²) in [6.07, 6.45) is -2.99. The number of halogens is 5. The average Bonchev–Trinajstić information content (AvgIpc) is 3.62. The van der Waals surface area contributed by atoms with E-state index >= 15 is 0 Å². The molecule has 2 fully saturated rings. The first-order chi connectivity index (χ1) is 17.9. The van der Waals surface area contributed by atoms with Gasteiger partial charge in [-0.3, -0.25) is 4.79 Å². The third-order valence-corrected chi connectivity index (χ3v) is 6.70. The van der Waals surface area contributed by atoms with Crippen molar-refractivity contribution in [2.24, 2.45) is 0 Å². The first kappa shape index (κ1) is 25.4. The molecule has 5 rings (SSSR count). The van der Waals surface area contributed by atoms with Crippen LogP contribution in [0.3, 0.4) is 0 Å². The van der Waals surface area contributed by atoms with Gasteiger partial charge in [0, 0.05) is 25.4 Å². The van der Waals surface area contributed by atoms with Gasteiger partial charge in [-0.1, -0.05) is 12.1 Å². The highest BCUT2D eigenvalue weighted by Crippen LogP contribution is 2.46. The Hall–Kier alpha value is -4.22. The number of rotatable bonds is 7. The zero-order valence-corrected chi connectivity index (χ0v) is 19.6. The summed E-state index contributed by atoms with van der Waals surface area (Å²) in [6.45, 7) is 0.439. The van der Waals surface area contributed by atoms with Gasteiger partial charge in [-0.2, -0.15) is 13.2 Å². The highest BCUT2D eigenvalue weighted by atomic mass is 19.4. The molecule has 0 radical (unpaired) electrons. The molecule has 0 atom stereocenters. The van der Waals surface area contributed by atoms with Crippen molar-refractivity contribution in [3.05, 3.63) is 88.6 Å². The summed E-state index contributed by atoms with van der Waals surface area (Å²) in [6, 6.07) is 9.48. The van der Waals surface area contributed by atoms with Crippen LogP contribution in [0.15, 0.2) is 54.7 Å². The summed E-state index contributed by atoms with van der Waals surface area (Å²) in [5.41, 5.74) is -1.36. The highest BCUT2D eigenvalue weighted by Gasteiger charge is 2.46. The zero-order chi connectivity index (χ0) is 27.2. The lowest BCUT2D eigenvalue weighted by molar-refractivity contribution is -0.137. The van der Waals surface area contributed by atoms with E-state index in [-0.39, 0.29) is 41.8 Å². The summed E-state index contributed by atoms with van der Waals surface area (Å²) >= 11 is 0. The van der Waals surface area contributed by atoms with Crippen molar-refractivity contribution in [3.63, 3.8) is 0 Å². The first-order valence-electron chi connectivity index (χ1n) is 11.7. The molecule has 1 aliphatic carbocycles. The second-order valence-electron chi connectivity index (χ2n) is 9.38. The Morgan fingerprint density at radius 1 is 1.03 bits per heavy atom. The van der Waals surface area contributed by atoms with Crippen LogP contribution in [0, 0.1) is 11.6 Å². The van der Waals surface area contributed by atoms with E-state index in [1.54, 1.807) is 17.0 Å². The number of carboxylic acid groups (broad SMARTS) is 1. The summed E-state index contributed by atoms with van der Waals surface area (Å²) in [4.78, 5) is 30.0. The number of pyridine rings is 1. The molecule has 3 N–H and O–H groups in total. The van der Waals surface area contributed by atoms with Gasteiger partial charge in [-0.25, -0.2) is 18.6 Å². The number of hydrogen-bond acceptors (Lipinski definition) is 5. The van der Waals surface area contributed by atoms with Crippen LogP contribution in [0.4, 0.5) is 33.5 Å². The minimum absolute atomic E-state index is 0.0464. The maximum absolute atomic E-state index is 14.0. The zero-order valence-electron chi connectivity index (χ0n) is 19.6. The fourth-order valence-electron chi connectivity index (χ4n) is 4.43. The van der Waals surface area contributed by atoms with Crippen LogP contribution in [0.2, 0.25) is 0 Å². The van der Waals surface area contributed by atoms with E-state index < -0.39 is 40.8 Å². The quantitative estimate of drug-likeness (QED) is 0.379. The molecule has 38 heavy (non-hydrogen) atoms. The Balaban J connectivity index is 1.36. The van der Waals surface area contributed by atoms with Gasteiger partial charge >= 0.3 is 12.1 Å². The Kier molecular flexibility index (Phi) is 6.20. The molecular formula is C26H21F5N4O3. The van der Waals surface area contributed by atoms with Crippen molar-refractivity contribution < 1.29 is 36.6 Å². The van der Waals surface area contributed by atoms with Gasteiger partial charge in [0.05, 0.1) is 34.0 Å². The number of hydrogen-bond donors (Lipinski definition) is 3. The number of aromatic carboxylic acids is 1. The Morgan fingerprint density at radius 2 is 1.71 bits per heavy atom. The highest BCUT2D eigenvalue weighted by molar-refractivity contribution is 6.00. The number of aromatic nitrogens is 1. The summed E-state index contributed by atoms with van der Waals surface area (Å²) in [5.74, 6) is -3.30. The van der Waals surface area contributed by atoms with E-state index in [2.05, 4.69) is 15.6 Å². The first-order valence-corrected chi connectivity index (χ1v) is 11.7. The van der Waals surface area contributed by atoms with Crippen LogP contribution < -0.4 is 15.5 Å². The van der Waals surface area contributed by atoms with Crippen LogP contribution in [0.1, 0.15) is 44.7 Å². The molecule has 1 saturated carbocycles. The molecule has 2 aromatic carbocycles. The van der Waals surface area contributed by atoms with Gasteiger partial charge in [-0.05, 0) is 48.7 Å². The van der Waals surface area contributed by atoms with E-state index in [9.17, 15) is 31.5 Å². The van der Waals surface area contributed by atoms with E-state index in [1.807, 2.05) is 0 Å². The van der Waals surface area contributed by atoms with Gasteiger partial charge < -0.3 is 20.6 Å². The molecule has 0 unspecified atom stereocenters. The standard InChI is InChI=1S/C26H21F5N4O3/c27-17-5-6-21(20(28)10-17)33-18-12-35(13-18)22-19(9-16(11-32-22)26(29,30)31)23(36)34-25(7-8-25)15-3-1-14(2-4-15)24(37)38/h1-6,9-11,18,33H,7-8,12-13H2,(H,34,36)(H,37,38). The van der Waals surface area contributed by atoms with Gasteiger partial charge in [-0.15, -0.1) is 0 Å². The van der Waals surface area contributed by atoms with Crippen LogP contribution in [0.5, 0.6) is 0 Å². The third kappa shape index (κ3) is 4.98. The third-order valence-electron chi connectivity index (χ3n) is 6.70. The van der Waals surface area contributed by atoms with Crippen molar-refractivity contribution in [1.82, 2.24) is 10.3 Å². The van der Waals surface area contributed by atoms with Crippen LogP contribution >= 0.6 is 0 Å². The minimum Gasteiger partial charge on any atom is -0.478 e. The van der Waals surface area contributed by atoms with E-state index in [1.165, 1.54) is 18.2 Å². The number of alkyl halides is 3. The molecule has 2 heterocycles. The van der Waals surface area contributed by atoms with Gasteiger partial charge in [0.25, 0.3) is 5.91 Å². The predicted molar refractivity (Wildman–Crippen MR) is 127 cm³/mol. The molecule has 1 saturated heterocycles. The molecule has 0 spiro atoms. The Bertz CT molecular complexity index is 1400. The summed E-state index contributed by atoms with van der Waals surface area (Å²) in [5, 5.41) is 14.8. The molecule has 3 aromatic rings. The number of carbonyl (C=O) groups is 2. The van der Waals surface area contributed by atoms with Gasteiger partial charge in [0.2, 0.25) is 0 Å². The Morgan fingerprint density at radius 3 is 2.29 bits per heavy atom. The molecular weight excluding hydrogens is 511 g/mol. The smallest absolute Gasteiger partial charge is 0.417 e. The van der Waals surface area contributed by atoms with E-state index in [0.29, 0.717) is 24.6 Å². The molecule has 1 aliphatic heterocycles. The van der Waals surface area contributed by atoms with E-state index in [4.69, 9.17) is 5.11 Å². The van der Waals surface area contributed by atoms with Crippen molar-refractivity contribution in [2.75, 3.05) is 23.3 Å². The maximum atomic E-state index is 14.0. The van der Waals surface area contributed by atoms with Crippen molar-refractivity contribution in [3.8, 4) is 0 Å². The largest absolute Gasteiger partial charge is 0.478 e. The number of carboxylic acids is 1. The average molecular weight is 532 g/mol. The van der Waals surface area contributed by atoms with Crippen LogP contribution in [0.25, 0.3) is 0 Å².